The van der Waals surface area contributed by atoms with Gasteiger partial charge in [-0.15, -0.1) is 0 Å². The molecule has 8 heteroatoms. The summed E-state index contributed by atoms with van der Waals surface area (Å²) < 4.78 is 35.1. The standard InChI is InChI=1S/C23H30N2O5S/c1-25(19-10-13-29-14-11-19)12-15-30-20-7-5-6-18(16-20)17-24-23(26)21-8-3-4-9-22(21)31(2,27)28/h3-9,16,19H,10-15,17H2,1-2H3,(H,24,26). The molecule has 1 aliphatic rings. The quantitative estimate of drug-likeness (QED) is 0.637. The predicted octanol–water partition coefficient (Wildman–Crippen LogP) is 2.51. The summed E-state index contributed by atoms with van der Waals surface area (Å²) in [7, 11) is -1.37. The Morgan fingerprint density at radius 2 is 1.90 bits per heavy atom. The lowest BCUT2D eigenvalue weighted by Gasteiger charge is -2.31. The highest BCUT2D eigenvalue weighted by molar-refractivity contribution is 7.90. The van der Waals surface area contributed by atoms with Crippen molar-refractivity contribution in [1.29, 1.82) is 0 Å². The van der Waals surface area contributed by atoms with Gasteiger partial charge in [0.1, 0.15) is 12.4 Å². The van der Waals surface area contributed by atoms with Crippen LogP contribution in [0.3, 0.4) is 0 Å². The van der Waals surface area contributed by atoms with Gasteiger partial charge >= 0.3 is 0 Å². The predicted molar refractivity (Wildman–Crippen MR) is 119 cm³/mol. The van der Waals surface area contributed by atoms with Crippen LogP contribution >= 0.6 is 0 Å². The lowest BCUT2D eigenvalue weighted by Crippen LogP contribution is -2.38. The van der Waals surface area contributed by atoms with Gasteiger partial charge in [-0.1, -0.05) is 24.3 Å². The Hall–Kier alpha value is -2.42. The van der Waals surface area contributed by atoms with E-state index in [9.17, 15) is 13.2 Å². The first kappa shape index (κ1) is 23.2. The van der Waals surface area contributed by atoms with E-state index >= 15 is 0 Å². The van der Waals surface area contributed by atoms with E-state index in [0.717, 1.165) is 50.2 Å². The zero-order valence-corrected chi connectivity index (χ0v) is 18.9. The van der Waals surface area contributed by atoms with E-state index < -0.39 is 15.7 Å². The summed E-state index contributed by atoms with van der Waals surface area (Å²) in [4.78, 5) is 14.9. The van der Waals surface area contributed by atoms with Crippen molar-refractivity contribution in [2.75, 3.05) is 39.7 Å². The molecular weight excluding hydrogens is 416 g/mol. The molecule has 7 nitrogen and oxygen atoms in total. The number of amides is 1. The highest BCUT2D eigenvalue weighted by Gasteiger charge is 2.19. The number of rotatable bonds is 9. The molecule has 1 aliphatic heterocycles. The molecule has 2 aromatic rings. The Bertz CT molecular complexity index is 987. The summed E-state index contributed by atoms with van der Waals surface area (Å²) in [6.07, 6.45) is 3.20. The number of nitrogens with zero attached hydrogens (tertiary/aromatic N) is 1. The number of carbonyl (C=O) groups excluding carboxylic acids is 1. The van der Waals surface area contributed by atoms with Gasteiger partial charge in [0.15, 0.2) is 9.84 Å². The van der Waals surface area contributed by atoms with Crippen LogP contribution < -0.4 is 10.1 Å². The molecule has 0 saturated carbocycles. The minimum atomic E-state index is -3.49. The molecule has 31 heavy (non-hydrogen) atoms. The molecule has 0 aromatic heterocycles. The van der Waals surface area contributed by atoms with E-state index in [1.807, 2.05) is 24.3 Å². The Labute approximate surface area is 184 Å². The van der Waals surface area contributed by atoms with Crippen molar-refractivity contribution < 1.29 is 22.7 Å². The molecule has 1 N–H and O–H groups in total. The molecule has 0 bridgehead atoms. The van der Waals surface area contributed by atoms with Crippen LogP contribution in [0.2, 0.25) is 0 Å². The summed E-state index contributed by atoms with van der Waals surface area (Å²) >= 11 is 0. The first-order chi connectivity index (χ1) is 14.8. The molecule has 1 saturated heterocycles. The maximum atomic E-state index is 12.5. The molecule has 0 unspecified atom stereocenters. The van der Waals surface area contributed by atoms with Crippen LogP contribution in [-0.4, -0.2) is 64.9 Å². The Morgan fingerprint density at radius 3 is 2.65 bits per heavy atom. The van der Waals surface area contributed by atoms with Gasteiger partial charge in [0, 0.05) is 38.6 Å². The van der Waals surface area contributed by atoms with E-state index in [2.05, 4.69) is 17.3 Å². The zero-order valence-electron chi connectivity index (χ0n) is 18.0. The molecule has 0 spiro atoms. The molecular formula is C23H30N2O5S. The van der Waals surface area contributed by atoms with Gasteiger partial charge in [-0.05, 0) is 49.7 Å². The normalized spacial score (nSPS) is 15.1. The fourth-order valence-corrected chi connectivity index (χ4v) is 4.50. The number of nitrogens with one attached hydrogen (secondary N) is 1. The highest BCUT2D eigenvalue weighted by atomic mass is 32.2. The summed E-state index contributed by atoms with van der Waals surface area (Å²) in [5, 5.41) is 2.79. The van der Waals surface area contributed by atoms with Gasteiger partial charge in [0.2, 0.25) is 0 Å². The highest BCUT2D eigenvalue weighted by Crippen LogP contribution is 2.17. The fourth-order valence-electron chi connectivity index (χ4n) is 3.62. The summed E-state index contributed by atoms with van der Waals surface area (Å²) in [5.41, 5.74) is 1.02. The summed E-state index contributed by atoms with van der Waals surface area (Å²) in [6, 6.07) is 14.3. The van der Waals surface area contributed by atoms with Crippen LogP contribution in [0.5, 0.6) is 5.75 Å². The third-order valence-electron chi connectivity index (χ3n) is 5.41. The van der Waals surface area contributed by atoms with Gasteiger partial charge in [0.05, 0.1) is 10.5 Å². The first-order valence-corrected chi connectivity index (χ1v) is 12.3. The molecule has 0 aliphatic carbocycles. The minimum absolute atomic E-state index is 0.0261. The third kappa shape index (κ3) is 6.78. The maximum absolute atomic E-state index is 12.5. The third-order valence-corrected chi connectivity index (χ3v) is 6.56. The van der Waals surface area contributed by atoms with Crippen molar-refractivity contribution in [2.24, 2.45) is 0 Å². The Morgan fingerprint density at radius 1 is 1.16 bits per heavy atom. The van der Waals surface area contributed by atoms with Crippen molar-refractivity contribution in [3.8, 4) is 5.75 Å². The number of benzene rings is 2. The second-order valence-corrected chi connectivity index (χ2v) is 9.76. The molecule has 0 atom stereocenters. The molecule has 1 fully saturated rings. The Balaban J connectivity index is 1.52. The van der Waals surface area contributed by atoms with Crippen LogP contribution in [0.15, 0.2) is 53.4 Å². The fraction of sp³-hybridized carbons (Fsp3) is 0.435. The average molecular weight is 447 g/mol. The average Bonchev–Trinajstić information content (AvgIpc) is 2.77. The molecule has 1 amide bonds. The van der Waals surface area contributed by atoms with Crippen LogP contribution in [0, 0.1) is 0 Å². The smallest absolute Gasteiger partial charge is 0.252 e. The SMILES string of the molecule is CN(CCOc1cccc(CNC(=O)c2ccccc2S(C)(=O)=O)c1)C1CCOCC1. The van der Waals surface area contributed by atoms with Crippen LogP contribution in [0.1, 0.15) is 28.8 Å². The lowest BCUT2D eigenvalue weighted by atomic mass is 10.1. The minimum Gasteiger partial charge on any atom is -0.492 e. The number of likely N-dealkylation sites (N-methyl/N-ethyl adjacent to an activating group) is 1. The maximum Gasteiger partial charge on any atom is 0.252 e. The number of hydrogen-bond donors (Lipinski definition) is 1. The van der Waals surface area contributed by atoms with Gasteiger partial charge in [0.25, 0.3) is 5.91 Å². The lowest BCUT2D eigenvalue weighted by molar-refractivity contribution is 0.0392. The summed E-state index contributed by atoms with van der Waals surface area (Å²) in [5.74, 6) is 0.314. The van der Waals surface area contributed by atoms with Crippen LogP contribution in [0.25, 0.3) is 0 Å². The van der Waals surface area contributed by atoms with Crippen LogP contribution in [-0.2, 0) is 21.1 Å². The van der Waals surface area contributed by atoms with Gasteiger partial charge in [-0.25, -0.2) is 8.42 Å². The van der Waals surface area contributed by atoms with E-state index in [1.54, 1.807) is 12.1 Å². The van der Waals surface area contributed by atoms with Crippen molar-refractivity contribution in [3.63, 3.8) is 0 Å². The monoisotopic (exact) mass is 446 g/mol. The molecule has 0 radical (unpaired) electrons. The number of hydrogen-bond acceptors (Lipinski definition) is 6. The van der Waals surface area contributed by atoms with Gasteiger partial charge in [-0.3, -0.25) is 9.69 Å². The largest absolute Gasteiger partial charge is 0.492 e. The van der Waals surface area contributed by atoms with Crippen molar-refractivity contribution in [3.05, 3.63) is 59.7 Å². The number of carbonyl (C=O) groups is 1. The van der Waals surface area contributed by atoms with Gasteiger partial charge < -0.3 is 14.8 Å². The topological polar surface area (TPSA) is 84.9 Å². The van der Waals surface area contributed by atoms with Crippen molar-refractivity contribution >= 4 is 15.7 Å². The second-order valence-electron chi connectivity index (χ2n) is 7.77. The second kappa shape index (κ2) is 10.7. The number of ether oxygens (including phenoxy) is 2. The molecule has 1 heterocycles. The molecule has 2 aromatic carbocycles. The Kier molecular flexibility index (Phi) is 8.06. The van der Waals surface area contributed by atoms with E-state index in [1.165, 1.54) is 12.1 Å². The zero-order chi connectivity index (χ0) is 22.3. The van der Waals surface area contributed by atoms with E-state index in [4.69, 9.17) is 9.47 Å². The van der Waals surface area contributed by atoms with Crippen molar-refractivity contribution in [2.45, 2.75) is 30.3 Å². The van der Waals surface area contributed by atoms with Crippen LogP contribution in [0.4, 0.5) is 0 Å². The van der Waals surface area contributed by atoms with E-state index in [-0.39, 0.29) is 17.0 Å². The molecule has 168 valence electrons. The van der Waals surface area contributed by atoms with Gasteiger partial charge in [-0.2, -0.15) is 0 Å². The van der Waals surface area contributed by atoms with Crippen molar-refractivity contribution in [1.82, 2.24) is 10.2 Å². The first-order valence-electron chi connectivity index (χ1n) is 10.4. The van der Waals surface area contributed by atoms with E-state index in [0.29, 0.717) is 12.6 Å². The molecule has 3 rings (SSSR count). The summed E-state index contributed by atoms with van der Waals surface area (Å²) in [6.45, 7) is 3.31. The number of sulfone groups is 1.